The molecule has 8 nitrogen and oxygen atoms in total. The van der Waals surface area contributed by atoms with E-state index in [1.165, 1.54) is 27.8 Å². The summed E-state index contributed by atoms with van der Waals surface area (Å²) in [7, 11) is -3.85. The highest BCUT2D eigenvalue weighted by atomic mass is 35.5. The first-order valence-electron chi connectivity index (χ1n) is 12.6. The minimum Gasteiger partial charge on any atom is -0.379 e. The standard InChI is InChI=1S/C26H31ClN4O4S2/c1-19-5-2-7-23-24(19)28-26(36-23)30(13-4-12-29-15-17-35-18-16-29)25(32)22-6-3-14-31(22)37(33,34)21-10-8-20(27)9-11-21/h2,5,7-11,22H,3-4,6,12-18H2,1H3. The van der Waals surface area contributed by atoms with Crippen molar-refractivity contribution in [3.8, 4) is 0 Å². The Kier molecular flexibility index (Phi) is 8.13. The number of carbonyl (C=O) groups is 1. The maximum absolute atomic E-state index is 14.1. The van der Waals surface area contributed by atoms with E-state index in [4.69, 9.17) is 21.3 Å². The number of halogens is 1. The zero-order valence-electron chi connectivity index (χ0n) is 20.8. The van der Waals surface area contributed by atoms with E-state index in [0.717, 1.165) is 55.0 Å². The molecule has 1 aromatic heterocycles. The number of sulfonamides is 1. The molecule has 2 aromatic carbocycles. The van der Waals surface area contributed by atoms with E-state index in [1.54, 1.807) is 17.0 Å². The summed E-state index contributed by atoms with van der Waals surface area (Å²) in [4.78, 5) is 23.1. The molecule has 2 saturated heterocycles. The Bertz CT molecular complexity index is 1360. The molecular formula is C26H31ClN4O4S2. The van der Waals surface area contributed by atoms with Crippen LogP contribution in [-0.2, 0) is 19.6 Å². The third-order valence-corrected chi connectivity index (χ3v) is 10.2. The first kappa shape index (κ1) is 26.5. The monoisotopic (exact) mass is 562 g/mol. The highest BCUT2D eigenvalue weighted by Crippen LogP contribution is 2.34. The SMILES string of the molecule is Cc1cccc2sc(N(CCCN3CCOCC3)C(=O)C3CCCN3S(=O)(=O)c3ccc(Cl)cc3)nc12. The highest BCUT2D eigenvalue weighted by molar-refractivity contribution is 7.89. The van der Waals surface area contributed by atoms with Crippen LogP contribution in [0.4, 0.5) is 5.13 Å². The molecule has 3 aromatic rings. The predicted octanol–water partition coefficient (Wildman–Crippen LogP) is 4.17. The van der Waals surface area contributed by atoms with Crippen molar-refractivity contribution >= 4 is 54.2 Å². The van der Waals surface area contributed by atoms with Crippen molar-refractivity contribution in [2.45, 2.75) is 37.1 Å². The zero-order chi connectivity index (χ0) is 26.0. The van der Waals surface area contributed by atoms with Crippen LogP contribution in [0.3, 0.4) is 0 Å². The minimum absolute atomic E-state index is 0.145. The Morgan fingerprint density at radius 1 is 1.16 bits per heavy atom. The van der Waals surface area contributed by atoms with Crippen LogP contribution in [0.5, 0.6) is 0 Å². The lowest BCUT2D eigenvalue weighted by Gasteiger charge is -2.30. The predicted molar refractivity (Wildman–Crippen MR) is 147 cm³/mol. The van der Waals surface area contributed by atoms with Gasteiger partial charge in [0.15, 0.2) is 5.13 Å². The molecule has 1 unspecified atom stereocenters. The molecule has 1 amide bonds. The quantitative estimate of drug-likeness (QED) is 0.410. The normalized spacial score (nSPS) is 19.5. The molecule has 3 heterocycles. The molecular weight excluding hydrogens is 532 g/mol. The smallest absolute Gasteiger partial charge is 0.247 e. The molecule has 0 aliphatic carbocycles. The molecule has 37 heavy (non-hydrogen) atoms. The van der Waals surface area contributed by atoms with Gasteiger partial charge in [0.2, 0.25) is 15.9 Å². The van der Waals surface area contributed by atoms with Crippen molar-refractivity contribution in [1.82, 2.24) is 14.2 Å². The molecule has 0 N–H and O–H groups in total. The number of carbonyl (C=O) groups excluding carboxylic acids is 1. The van der Waals surface area contributed by atoms with Gasteiger partial charge in [-0.15, -0.1) is 0 Å². The van der Waals surface area contributed by atoms with E-state index < -0.39 is 16.1 Å². The van der Waals surface area contributed by atoms with Gasteiger partial charge in [-0.25, -0.2) is 13.4 Å². The summed E-state index contributed by atoms with van der Waals surface area (Å²) < 4.78 is 34.8. The Morgan fingerprint density at radius 2 is 1.92 bits per heavy atom. The number of hydrogen-bond donors (Lipinski definition) is 0. The zero-order valence-corrected chi connectivity index (χ0v) is 23.2. The number of ether oxygens (including phenoxy) is 1. The Labute approximate surface area is 226 Å². The molecule has 198 valence electrons. The average molecular weight is 563 g/mol. The highest BCUT2D eigenvalue weighted by Gasteiger charge is 2.42. The Balaban J connectivity index is 1.42. The third-order valence-electron chi connectivity index (χ3n) is 6.98. The van der Waals surface area contributed by atoms with Crippen LogP contribution >= 0.6 is 22.9 Å². The number of fused-ring (bicyclic) bond motifs is 1. The van der Waals surface area contributed by atoms with Gasteiger partial charge in [-0.1, -0.05) is 35.1 Å². The molecule has 1 atom stereocenters. The number of benzene rings is 2. The van der Waals surface area contributed by atoms with Crippen molar-refractivity contribution in [1.29, 1.82) is 0 Å². The molecule has 11 heteroatoms. The number of anilines is 1. The third kappa shape index (κ3) is 5.69. The molecule has 0 radical (unpaired) electrons. The molecule has 2 aliphatic heterocycles. The first-order valence-corrected chi connectivity index (χ1v) is 15.2. The molecule has 2 aliphatic rings. The fourth-order valence-electron chi connectivity index (χ4n) is 4.96. The number of aromatic nitrogens is 1. The minimum atomic E-state index is -3.85. The van der Waals surface area contributed by atoms with E-state index >= 15 is 0 Å². The van der Waals surface area contributed by atoms with Crippen LogP contribution in [0.25, 0.3) is 10.2 Å². The van der Waals surface area contributed by atoms with Crippen molar-refractivity contribution in [3.63, 3.8) is 0 Å². The van der Waals surface area contributed by atoms with Crippen LogP contribution in [0, 0.1) is 6.92 Å². The number of thiazole rings is 1. The lowest BCUT2D eigenvalue weighted by Crippen LogP contribution is -2.48. The fourth-order valence-corrected chi connectivity index (χ4v) is 7.82. The average Bonchev–Trinajstić information content (AvgIpc) is 3.56. The van der Waals surface area contributed by atoms with Crippen molar-refractivity contribution in [2.24, 2.45) is 0 Å². The van der Waals surface area contributed by atoms with Gasteiger partial charge >= 0.3 is 0 Å². The maximum Gasteiger partial charge on any atom is 0.247 e. The van der Waals surface area contributed by atoms with Gasteiger partial charge < -0.3 is 4.74 Å². The van der Waals surface area contributed by atoms with Gasteiger partial charge in [-0.2, -0.15) is 4.31 Å². The molecule has 5 rings (SSSR count). The largest absolute Gasteiger partial charge is 0.379 e. The van der Waals surface area contributed by atoms with Gasteiger partial charge in [0.1, 0.15) is 6.04 Å². The number of hydrogen-bond acceptors (Lipinski definition) is 7. The van der Waals surface area contributed by atoms with Gasteiger partial charge in [0.05, 0.1) is 28.3 Å². The van der Waals surface area contributed by atoms with Gasteiger partial charge in [0.25, 0.3) is 0 Å². The van der Waals surface area contributed by atoms with E-state index in [0.29, 0.717) is 36.1 Å². The van der Waals surface area contributed by atoms with Gasteiger partial charge in [-0.05, 0) is 62.1 Å². The van der Waals surface area contributed by atoms with Crippen LogP contribution < -0.4 is 4.90 Å². The topological polar surface area (TPSA) is 83.0 Å². The van der Waals surface area contributed by atoms with Crippen LogP contribution in [0.1, 0.15) is 24.8 Å². The second kappa shape index (κ2) is 11.3. The Hall–Kier alpha value is -2.08. The molecule has 2 fully saturated rings. The fraction of sp³-hybridized carbons (Fsp3) is 0.462. The van der Waals surface area contributed by atoms with Crippen molar-refractivity contribution in [2.75, 3.05) is 50.8 Å². The number of para-hydroxylation sites is 1. The van der Waals surface area contributed by atoms with Gasteiger partial charge in [0, 0.05) is 37.7 Å². The summed E-state index contributed by atoms with van der Waals surface area (Å²) >= 11 is 7.45. The summed E-state index contributed by atoms with van der Waals surface area (Å²) in [6.45, 7) is 6.83. The van der Waals surface area contributed by atoms with E-state index in [2.05, 4.69) is 4.90 Å². The summed E-state index contributed by atoms with van der Waals surface area (Å²) in [5, 5.41) is 1.08. The first-order chi connectivity index (χ1) is 17.8. The number of nitrogens with zero attached hydrogens (tertiary/aromatic N) is 4. The molecule has 0 bridgehead atoms. The Morgan fingerprint density at radius 3 is 2.65 bits per heavy atom. The lowest BCUT2D eigenvalue weighted by molar-refractivity contribution is -0.121. The second-order valence-electron chi connectivity index (χ2n) is 9.44. The second-order valence-corrected chi connectivity index (χ2v) is 12.8. The summed E-state index contributed by atoms with van der Waals surface area (Å²) in [6, 6.07) is 11.3. The van der Waals surface area contributed by atoms with Crippen LogP contribution in [-0.4, -0.2) is 80.5 Å². The number of morpholine rings is 1. The summed E-state index contributed by atoms with van der Waals surface area (Å²) in [5.74, 6) is -0.214. The van der Waals surface area contributed by atoms with Gasteiger partial charge in [-0.3, -0.25) is 14.6 Å². The van der Waals surface area contributed by atoms with Crippen LogP contribution in [0.2, 0.25) is 5.02 Å². The molecule has 0 spiro atoms. The van der Waals surface area contributed by atoms with E-state index in [1.807, 2.05) is 25.1 Å². The lowest BCUT2D eigenvalue weighted by atomic mass is 10.2. The summed E-state index contributed by atoms with van der Waals surface area (Å²) in [5.41, 5.74) is 1.93. The van der Waals surface area contributed by atoms with Crippen molar-refractivity contribution < 1.29 is 17.9 Å². The van der Waals surface area contributed by atoms with E-state index in [9.17, 15) is 13.2 Å². The van der Waals surface area contributed by atoms with Crippen molar-refractivity contribution in [3.05, 3.63) is 53.1 Å². The summed E-state index contributed by atoms with van der Waals surface area (Å²) in [6.07, 6.45) is 1.87. The van der Waals surface area contributed by atoms with E-state index in [-0.39, 0.29) is 10.8 Å². The van der Waals surface area contributed by atoms with Crippen LogP contribution in [0.15, 0.2) is 47.4 Å². The number of rotatable bonds is 8. The maximum atomic E-state index is 14.1. The molecule has 0 saturated carbocycles. The number of aryl methyl sites for hydroxylation is 1. The number of amides is 1.